The predicted molar refractivity (Wildman–Crippen MR) is 436 cm³/mol. The van der Waals surface area contributed by atoms with Gasteiger partial charge < -0.3 is 0 Å². The van der Waals surface area contributed by atoms with Gasteiger partial charge in [0.15, 0.2) is 0 Å². The summed E-state index contributed by atoms with van der Waals surface area (Å²) in [6, 6.07) is 74.6. The minimum absolute atomic E-state index is 0.0950. The fourth-order valence-corrected chi connectivity index (χ4v) is 19.5. The molecule has 2 heterocycles. The average Bonchev–Trinajstić information content (AvgIpc) is 1.54. The van der Waals surface area contributed by atoms with E-state index in [4.69, 9.17) is 9.97 Å². The van der Waals surface area contributed by atoms with E-state index in [1.807, 2.05) is 0 Å². The van der Waals surface area contributed by atoms with Crippen molar-refractivity contribution in [3.63, 3.8) is 0 Å². The molecule has 0 unspecified atom stereocenters. The maximum atomic E-state index is 5.98. The zero-order valence-electron chi connectivity index (χ0n) is 59.8. The molecule has 100 heavy (non-hydrogen) atoms. The summed E-state index contributed by atoms with van der Waals surface area (Å²) in [6.45, 7) is 9.33. The molecule has 6 heteroatoms. The van der Waals surface area contributed by atoms with Crippen molar-refractivity contribution in [2.45, 2.75) is 218 Å². The van der Waals surface area contributed by atoms with Gasteiger partial charge in [0.1, 0.15) is 11.6 Å². The number of hydrogen-bond acceptors (Lipinski definition) is 2. The first-order chi connectivity index (χ1) is 49.3. The maximum absolute atomic E-state index is 5.98. The SMILES string of the molecule is CCCCCCCCC1(CCCCCCCC)c2ccccc2-c2ccc(-n3c(-c4cc(Br)c(-c5nc6c7ccccc7c7ccccc7c6n5-c5ccc6c(c5)C(CCCCCCCC)(CCCCCCCC)c5ccccc5-6)cc4Br)nc4c5ccccc5c5ccccc5c43)cc21. The molecule has 0 spiro atoms. The molecular weight excluding hydrogens is 1340 g/mol. The molecule has 0 N–H and O–H groups in total. The standard InChI is InChI=1S/C94H100Br2N4/c1-5-9-13-17-21-37-57-93(58-38-22-18-14-10-6-2)81-51-35-33-45-71(81)73-55-53-65(61-83(73)93)99-89-77-49-31-27-43-69(77)67-41-25-29-47-75(67)87(89)97-91(99)79-63-86(96)80(64-85(79)95)92-98-88-76-48-30-26-42-68(76)70-44-28-32-50-78(70)90(88)100(92)66-54-56-74-72-46-34-36-52-82(72)94(84(74)62-66,59-39-23-19-15-11-7-3)60-40-24-20-16-12-8-4/h25-36,41-56,61-64H,5-24,37-40,57-60H2,1-4H3. The zero-order valence-corrected chi connectivity index (χ0v) is 63.0. The highest BCUT2D eigenvalue weighted by Gasteiger charge is 2.44. The summed E-state index contributed by atoms with van der Waals surface area (Å²) >= 11 is 8.84. The highest BCUT2D eigenvalue weighted by Crippen LogP contribution is 2.58. The van der Waals surface area contributed by atoms with Crippen molar-refractivity contribution in [1.82, 2.24) is 19.1 Å². The van der Waals surface area contributed by atoms with Crippen LogP contribution in [0.3, 0.4) is 0 Å². The van der Waals surface area contributed by atoms with Gasteiger partial charge in [0.05, 0.1) is 22.1 Å². The van der Waals surface area contributed by atoms with E-state index in [2.05, 4.69) is 263 Å². The lowest BCUT2D eigenvalue weighted by atomic mass is 9.70. The Labute approximate surface area is 611 Å². The van der Waals surface area contributed by atoms with E-state index in [9.17, 15) is 0 Å². The summed E-state index contributed by atoms with van der Waals surface area (Å²) in [4.78, 5) is 12.0. The largest absolute Gasteiger partial charge is 0.292 e. The summed E-state index contributed by atoms with van der Waals surface area (Å²) in [5.74, 6) is 1.80. The Hall–Kier alpha value is -7.64. The van der Waals surface area contributed by atoms with Crippen molar-refractivity contribution >= 4 is 97.0 Å². The van der Waals surface area contributed by atoms with Gasteiger partial charge in [-0.1, -0.05) is 371 Å². The molecule has 0 bridgehead atoms. The molecule has 2 aliphatic rings. The first-order valence-electron chi connectivity index (χ1n) is 39.0. The number of rotatable bonds is 32. The van der Waals surface area contributed by atoms with Gasteiger partial charge in [0.25, 0.3) is 0 Å². The predicted octanol–water partition coefficient (Wildman–Crippen LogP) is 29.4. The van der Waals surface area contributed by atoms with Gasteiger partial charge in [-0.3, -0.25) is 9.13 Å². The van der Waals surface area contributed by atoms with E-state index < -0.39 is 0 Å². The Balaban J connectivity index is 0.928. The van der Waals surface area contributed by atoms with Crippen LogP contribution >= 0.6 is 31.9 Å². The lowest BCUT2D eigenvalue weighted by molar-refractivity contribution is 0.398. The van der Waals surface area contributed by atoms with Crippen molar-refractivity contribution in [3.05, 3.63) is 225 Å². The number of aromatic nitrogens is 4. The molecule has 15 rings (SSSR count). The Kier molecular flexibility index (Phi) is 20.8. The van der Waals surface area contributed by atoms with E-state index in [1.54, 1.807) is 0 Å². The summed E-state index contributed by atoms with van der Waals surface area (Å²) in [5.41, 5.74) is 20.0. The monoisotopic (exact) mass is 1440 g/mol. The molecule has 0 saturated heterocycles. The fourth-order valence-electron chi connectivity index (χ4n) is 18.5. The first-order valence-corrected chi connectivity index (χ1v) is 40.5. The molecule has 0 saturated carbocycles. The van der Waals surface area contributed by atoms with Crippen LogP contribution in [0, 0.1) is 0 Å². The second-order valence-corrected chi connectivity index (χ2v) is 31.4. The number of halogens is 2. The Bertz CT molecular complexity index is 4750. The summed E-state index contributed by atoms with van der Waals surface area (Å²) in [6.07, 6.45) is 35.4. The molecule has 4 nitrogen and oxygen atoms in total. The average molecular weight is 1450 g/mol. The first kappa shape index (κ1) is 68.1. The zero-order chi connectivity index (χ0) is 68.2. The van der Waals surface area contributed by atoms with Gasteiger partial charge >= 0.3 is 0 Å². The van der Waals surface area contributed by atoms with E-state index >= 15 is 0 Å². The van der Waals surface area contributed by atoms with Gasteiger partial charge in [-0.15, -0.1) is 0 Å². The quantitative estimate of drug-likeness (QED) is 0.0311. The highest BCUT2D eigenvalue weighted by molar-refractivity contribution is 9.11. The number of imidazole rings is 2. The molecule has 0 atom stereocenters. The van der Waals surface area contributed by atoms with Crippen molar-refractivity contribution in [2.75, 3.05) is 0 Å². The number of hydrogen-bond donors (Lipinski definition) is 0. The third-order valence-electron chi connectivity index (χ3n) is 23.5. The Morgan fingerprint density at radius 2 is 0.550 bits per heavy atom. The summed E-state index contributed by atoms with van der Waals surface area (Å²) < 4.78 is 7.00. The lowest BCUT2D eigenvalue weighted by Gasteiger charge is -2.33. The smallest absolute Gasteiger partial charge is 0.146 e. The van der Waals surface area contributed by atoms with Crippen molar-refractivity contribution < 1.29 is 0 Å². The second kappa shape index (κ2) is 30.5. The lowest BCUT2D eigenvalue weighted by Crippen LogP contribution is -2.25. The van der Waals surface area contributed by atoms with E-state index in [-0.39, 0.29) is 10.8 Å². The van der Waals surface area contributed by atoms with Crippen LogP contribution in [-0.2, 0) is 10.8 Å². The Morgan fingerprint density at radius 3 is 0.900 bits per heavy atom. The third-order valence-corrected chi connectivity index (χ3v) is 24.8. The summed E-state index contributed by atoms with van der Waals surface area (Å²) in [5, 5.41) is 9.62. The van der Waals surface area contributed by atoms with E-state index in [1.165, 1.54) is 231 Å². The van der Waals surface area contributed by atoms with Crippen LogP contribution in [0.4, 0.5) is 0 Å². The molecule has 0 radical (unpaired) electrons. The van der Waals surface area contributed by atoms with Crippen LogP contribution < -0.4 is 0 Å². The molecule has 510 valence electrons. The van der Waals surface area contributed by atoms with Crippen molar-refractivity contribution in [3.8, 4) is 56.4 Å². The number of unbranched alkanes of at least 4 members (excludes halogenated alkanes) is 20. The number of benzene rings is 11. The molecular formula is C94H100Br2N4. The van der Waals surface area contributed by atoms with Gasteiger partial charge in [-0.2, -0.15) is 0 Å². The van der Waals surface area contributed by atoms with Gasteiger partial charge in [0, 0.05) is 63.8 Å². The maximum Gasteiger partial charge on any atom is 0.146 e. The molecule has 2 aromatic heterocycles. The van der Waals surface area contributed by atoms with Crippen molar-refractivity contribution in [1.29, 1.82) is 0 Å². The van der Waals surface area contributed by atoms with Gasteiger partial charge in [-0.05, 0) is 128 Å². The molecule has 0 fully saturated rings. The highest BCUT2D eigenvalue weighted by atomic mass is 79.9. The van der Waals surface area contributed by atoms with Crippen LogP contribution in [0.1, 0.15) is 230 Å². The van der Waals surface area contributed by atoms with Crippen LogP contribution in [0.5, 0.6) is 0 Å². The van der Waals surface area contributed by atoms with Crippen LogP contribution in [0.15, 0.2) is 203 Å². The fraction of sp³-hybridized carbons (Fsp3) is 0.362. The molecule has 11 aromatic carbocycles. The molecule has 2 aliphatic carbocycles. The number of fused-ring (bicyclic) bond motifs is 18. The molecule has 0 amide bonds. The topological polar surface area (TPSA) is 35.6 Å². The van der Waals surface area contributed by atoms with Crippen molar-refractivity contribution in [2.24, 2.45) is 0 Å². The Morgan fingerprint density at radius 1 is 0.270 bits per heavy atom. The minimum Gasteiger partial charge on any atom is -0.292 e. The third kappa shape index (κ3) is 12.5. The molecule has 13 aromatic rings. The van der Waals surface area contributed by atoms with Crippen LogP contribution in [0.25, 0.3) is 122 Å². The minimum atomic E-state index is -0.0950. The van der Waals surface area contributed by atoms with Crippen LogP contribution in [0.2, 0.25) is 0 Å². The van der Waals surface area contributed by atoms with Gasteiger partial charge in [-0.25, -0.2) is 9.97 Å². The van der Waals surface area contributed by atoms with Gasteiger partial charge in [0.2, 0.25) is 0 Å². The normalized spacial score (nSPS) is 13.6. The van der Waals surface area contributed by atoms with Crippen LogP contribution in [-0.4, -0.2) is 19.1 Å². The number of nitrogens with zero attached hydrogens (tertiary/aromatic N) is 4. The van der Waals surface area contributed by atoms with E-state index in [0.29, 0.717) is 0 Å². The second-order valence-electron chi connectivity index (χ2n) is 29.7. The van der Waals surface area contributed by atoms with E-state index in [0.717, 1.165) is 102 Å². The molecule has 0 aliphatic heterocycles. The summed E-state index contributed by atoms with van der Waals surface area (Å²) in [7, 11) is 0.